The van der Waals surface area contributed by atoms with Crippen LogP contribution in [0.25, 0.3) is 5.65 Å². The molecule has 1 aliphatic rings. The van der Waals surface area contributed by atoms with Crippen LogP contribution in [0.3, 0.4) is 0 Å². The molecule has 0 atom stereocenters. The Morgan fingerprint density at radius 1 is 1.17 bits per heavy atom. The highest BCUT2D eigenvalue weighted by Gasteiger charge is 2.28. The summed E-state index contributed by atoms with van der Waals surface area (Å²) in [6.45, 7) is 4.05. The lowest BCUT2D eigenvalue weighted by atomic mass is 10.2. The third kappa shape index (κ3) is 7.14. The predicted octanol–water partition coefficient (Wildman–Crippen LogP) is 3.42. The molecule has 0 bridgehead atoms. The standard InChI is InChI=1S/C17H24FN5O3S.C7H7FO/c1-17(2,18)12-21(3)27(25,26)20-16(24)14-10-19-15-7-6-13(11-23(14)15)22-8-4-5-9-22;1-9-7-4-2-6(8)3-5-7/h6-7,10-11H,4-5,8-9,12H2,1-3H3,(H,20,24);2-5H,1H3. The van der Waals surface area contributed by atoms with Gasteiger partial charge in [0, 0.05) is 32.9 Å². The topological polar surface area (TPSA) is 96.2 Å². The summed E-state index contributed by atoms with van der Waals surface area (Å²) in [5, 5.41) is 0. The smallest absolute Gasteiger partial charge is 0.303 e. The van der Waals surface area contributed by atoms with Gasteiger partial charge in [0.05, 0.1) is 19.0 Å². The Balaban J connectivity index is 0.000000338. The van der Waals surface area contributed by atoms with Crippen molar-refractivity contribution in [2.45, 2.75) is 32.4 Å². The van der Waals surface area contributed by atoms with E-state index in [2.05, 4.69) is 9.88 Å². The number of nitrogens with one attached hydrogen (secondary N) is 1. The predicted molar refractivity (Wildman–Crippen MR) is 134 cm³/mol. The lowest BCUT2D eigenvalue weighted by molar-refractivity contribution is 0.0971. The summed E-state index contributed by atoms with van der Waals surface area (Å²) in [6.07, 6.45) is 5.34. The van der Waals surface area contributed by atoms with Crippen LogP contribution >= 0.6 is 0 Å². The molecular weight excluding hydrogens is 492 g/mol. The quantitative estimate of drug-likeness (QED) is 0.510. The molecule has 4 rings (SSSR count). The highest BCUT2D eigenvalue weighted by molar-refractivity contribution is 7.87. The van der Waals surface area contributed by atoms with Crippen LogP contribution in [-0.4, -0.2) is 67.5 Å². The number of hydrogen-bond acceptors (Lipinski definition) is 6. The number of imidazole rings is 1. The van der Waals surface area contributed by atoms with E-state index in [9.17, 15) is 22.0 Å². The minimum absolute atomic E-state index is 0.0996. The molecule has 12 heteroatoms. The Morgan fingerprint density at radius 2 is 1.81 bits per heavy atom. The maximum atomic E-state index is 13.7. The molecule has 9 nitrogen and oxygen atoms in total. The van der Waals surface area contributed by atoms with Crippen LogP contribution in [0.15, 0.2) is 48.8 Å². The molecule has 0 unspecified atom stereocenters. The minimum atomic E-state index is -4.17. The van der Waals surface area contributed by atoms with Crippen molar-refractivity contribution < 1.29 is 26.7 Å². The molecule has 0 radical (unpaired) electrons. The van der Waals surface area contributed by atoms with E-state index in [1.165, 1.54) is 39.2 Å². The number of aromatic nitrogens is 2. The molecule has 1 aliphatic heterocycles. The first-order valence-corrected chi connectivity index (χ1v) is 12.8. The Morgan fingerprint density at radius 3 is 2.39 bits per heavy atom. The van der Waals surface area contributed by atoms with Crippen LogP contribution in [0.2, 0.25) is 0 Å². The first-order chi connectivity index (χ1) is 16.9. The van der Waals surface area contributed by atoms with Gasteiger partial charge in [0.25, 0.3) is 5.91 Å². The molecule has 0 aliphatic carbocycles. The van der Waals surface area contributed by atoms with Crippen LogP contribution < -0.4 is 14.4 Å². The molecule has 3 heterocycles. The first kappa shape index (κ1) is 27.3. The highest BCUT2D eigenvalue weighted by Crippen LogP contribution is 2.21. The molecule has 1 fully saturated rings. The van der Waals surface area contributed by atoms with E-state index in [0.717, 1.165) is 35.9 Å². The number of carbonyl (C=O) groups is 1. The summed E-state index contributed by atoms with van der Waals surface area (Å²) in [4.78, 5) is 18.9. The second-order valence-corrected chi connectivity index (χ2v) is 10.8. The van der Waals surface area contributed by atoms with E-state index in [4.69, 9.17) is 4.74 Å². The summed E-state index contributed by atoms with van der Waals surface area (Å²) >= 11 is 0. The van der Waals surface area contributed by atoms with Gasteiger partial charge in [-0.1, -0.05) is 0 Å². The van der Waals surface area contributed by atoms with Gasteiger partial charge in [0.1, 0.15) is 28.6 Å². The average Bonchev–Trinajstić information content (AvgIpc) is 3.48. The van der Waals surface area contributed by atoms with Crippen LogP contribution in [0.4, 0.5) is 14.5 Å². The lowest BCUT2D eigenvalue weighted by Gasteiger charge is -2.23. The van der Waals surface area contributed by atoms with Gasteiger partial charge in [0.2, 0.25) is 0 Å². The Labute approximate surface area is 209 Å². The molecule has 3 aromatic rings. The summed E-state index contributed by atoms with van der Waals surface area (Å²) in [5.41, 5.74) is -0.131. The second kappa shape index (κ2) is 11.2. The van der Waals surface area contributed by atoms with Crippen molar-refractivity contribution >= 4 is 27.5 Å². The van der Waals surface area contributed by atoms with Gasteiger partial charge in [-0.15, -0.1) is 0 Å². The molecule has 196 valence electrons. The normalized spacial score (nSPS) is 14.0. The molecule has 1 saturated heterocycles. The summed E-state index contributed by atoms with van der Waals surface area (Å²) < 4.78 is 59.7. The average molecular weight is 524 g/mol. The lowest BCUT2D eigenvalue weighted by Crippen LogP contribution is -2.45. The second-order valence-electron chi connectivity index (χ2n) is 9.02. The largest absolute Gasteiger partial charge is 0.497 e. The van der Waals surface area contributed by atoms with Crippen LogP contribution in [0, 0.1) is 5.82 Å². The molecule has 1 N–H and O–H groups in total. The van der Waals surface area contributed by atoms with Crippen LogP contribution in [0.5, 0.6) is 5.75 Å². The van der Waals surface area contributed by atoms with Gasteiger partial charge < -0.3 is 9.64 Å². The van der Waals surface area contributed by atoms with E-state index in [1.807, 2.05) is 10.8 Å². The summed E-state index contributed by atoms with van der Waals surface area (Å²) in [6, 6.07) is 9.60. The van der Waals surface area contributed by atoms with E-state index in [0.29, 0.717) is 11.4 Å². The summed E-state index contributed by atoms with van der Waals surface area (Å²) in [5.74, 6) is -0.378. The van der Waals surface area contributed by atoms with Gasteiger partial charge >= 0.3 is 10.2 Å². The number of pyridine rings is 1. The number of carbonyl (C=O) groups excluding carboxylic acids is 1. The van der Waals surface area contributed by atoms with Crippen molar-refractivity contribution in [2.24, 2.45) is 0 Å². The van der Waals surface area contributed by atoms with E-state index < -0.39 is 21.8 Å². The van der Waals surface area contributed by atoms with Crippen molar-refractivity contribution in [3.05, 3.63) is 60.3 Å². The molecule has 0 saturated carbocycles. The molecule has 36 heavy (non-hydrogen) atoms. The van der Waals surface area contributed by atoms with Crippen molar-refractivity contribution in [2.75, 3.05) is 38.7 Å². The zero-order chi connectivity index (χ0) is 26.5. The third-order valence-corrected chi connectivity index (χ3v) is 6.87. The number of ether oxygens (including phenoxy) is 1. The van der Waals surface area contributed by atoms with Gasteiger partial charge in [-0.05, 0) is 63.1 Å². The summed E-state index contributed by atoms with van der Waals surface area (Å²) in [7, 11) is -1.40. The Bertz CT molecular complexity index is 1280. The van der Waals surface area contributed by atoms with Crippen molar-refractivity contribution in [3.8, 4) is 5.75 Å². The molecule has 0 spiro atoms. The van der Waals surface area contributed by atoms with Crippen LogP contribution in [0.1, 0.15) is 37.2 Å². The number of benzene rings is 1. The fourth-order valence-corrected chi connectivity index (χ4v) is 4.70. The zero-order valence-electron chi connectivity index (χ0n) is 20.7. The number of alkyl halides is 1. The maximum Gasteiger partial charge on any atom is 0.303 e. The van der Waals surface area contributed by atoms with E-state index in [1.54, 1.807) is 35.9 Å². The number of fused-ring (bicyclic) bond motifs is 1. The molecule has 1 aromatic carbocycles. The van der Waals surface area contributed by atoms with Crippen molar-refractivity contribution in [3.63, 3.8) is 0 Å². The van der Waals surface area contributed by atoms with E-state index >= 15 is 0 Å². The van der Waals surface area contributed by atoms with Gasteiger partial charge in [0.15, 0.2) is 0 Å². The number of halogens is 2. The SMILES string of the molecule is CN(CC(C)(C)F)S(=O)(=O)NC(=O)c1cnc2ccc(N3CCCC3)cn12.COc1ccc(F)cc1. The monoisotopic (exact) mass is 523 g/mol. The number of rotatable bonds is 7. The van der Waals surface area contributed by atoms with Crippen LogP contribution in [-0.2, 0) is 10.2 Å². The molecular formula is C24H31F2N5O4S. The molecule has 1 amide bonds. The number of methoxy groups -OCH3 is 1. The fraction of sp³-hybridized carbons (Fsp3) is 0.417. The molecule has 2 aromatic heterocycles. The third-order valence-electron chi connectivity index (χ3n) is 5.47. The fourth-order valence-electron chi connectivity index (χ4n) is 3.73. The maximum absolute atomic E-state index is 13.7. The number of anilines is 1. The van der Waals surface area contributed by atoms with Gasteiger partial charge in [-0.3, -0.25) is 9.20 Å². The Hall–Kier alpha value is -3.25. The number of amides is 1. The number of hydrogen-bond donors (Lipinski definition) is 1. The van der Waals surface area contributed by atoms with Gasteiger partial charge in [-0.25, -0.2) is 18.5 Å². The van der Waals surface area contributed by atoms with Crippen molar-refractivity contribution in [1.82, 2.24) is 18.4 Å². The number of nitrogens with zero attached hydrogens (tertiary/aromatic N) is 4. The Kier molecular flexibility index (Phi) is 8.51. The van der Waals surface area contributed by atoms with E-state index in [-0.39, 0.29) is 18.1 Å². The van der Waals surface area contributed by atoms with Crippen molar-refractivity contribution in [1.29, 1.82) is 0 Å². The minimum Gasteiger partial charge on any atom is -0.497 e. The first-order valence-electron chi connectivity index (χ1n) is 11.4. The van der Waals surface area contributed by atoms with Gasteiger partial charge in [-0.2, -0.15) is 12.7 Å². The zero-order valence-corrected chi connectivity index (χ0v) is 21.6. The highest BCUT2D eigenvalue weighted by atomic mass is 32.2.